The Labute approximate surface area is 148 Å². The van der Waals surface area contributed by atoms with Crippen LogP contribution in [0.1, 0.15) is 24.0 Å². The van der Waals surface area contributed by atoms with Crippen molar-refractivity contribution in [2.24, 2.45) is 10.4 Å². The fourth-order valence-corrected chi connectivity index (χ4v) is 2.99. The first-order valence-corrected chi connectivity index (χ1v) is 8.52. The quantitative estimate of drug-likeness (QED) is 0.487. The summed E-state index contributed by atoms with van der Waals surface area (Å²) in [5.41, 5.74) is 1.44. The third-order valence-electron chi connectivity index (χ3n) is 4.55. The summed E-state index contributed by atoms with van der Waals surface area (Å²) in [6, 6.07) is 4.98. The molecule has 0 aliphatic carbocycles. The van der Waals surface area contributed by atoms with E-state index in [0.717, 1.165) is 18.6 Å². The Balaban J connectivity index is 1.89. The molecule has 0 aromatic heterocycles. The minimum atomic E-state index is -0.264. The second-order valence-corrected chi connectivity index (χ2v) is 6.41. The van der Waals surface area contributed by atoms with Crippen molar-refractivity contribution >= 4 is 5.96 Å². The van der Waals surface area contributed by atoms with Gasteiger partial charge in [0.1, 0.15) is 5.82 Å². The number of halogens is 1. The predicted octanol–water partition coefficient (Wildman–Crippen LogP) is 1.43. The Morgan fingerprint density at radius 3 is 2.92 bits per heavy atom. The molecule has 1 atom stereocenters. The van der Waals surface area contributed by atoms with Crippen molar-refractivity contribution in [3.8, 4) is 0 Å². The van der Waals surface area contributed by atoms with E-state index in [0.29, 0.717) is 37.6 Å². The lowest BCUT2D eigenvalue weighted by Crippen LogP contribution is -2.44. The molecule has 1 aromatic rings. The van der Waals surface area contributed by atoms with Crippen LogP contribution in [0.25, 0.3) is 0 Å². The Kier molecular flexibility index (Phi) is 7.61. The maximum absolute atomic E-state index is 13.7. The number of guanidine groups is 1. The fourth-order valence-electron chi connectivity index (χ4n) is 2.99. The molecule has 7 heteroatoms. The van der Waals surface area contributed by atoms with Crippen LogP contribution in [-0.4, -0.2) is 51.6 Å². The number of aliphatic hydroxyl groups excluding tert-OH is 1. The lowest BCUT2D eigenvalue weighted by Gasteiger charge is -2.27. The van der Waals surface area contributed by atoms with Gasteiger partial charge < -0.3 is 25.2 Å². The van der Waals surface area contributed by atoms with Gasteiger partial charge >= 0.3 is 0 Å². The molecule has 0 bridgehead atoms. The molecule has 3 N–H and O–H groups in total. The van der Waals surface area contributed by atoms with Gasteiger partial charge in [-0.3, -0.25) is 4.99 Å². The lowest BCUT2D eigenvalue weighted by atomic mass is 9.84. The summed E-state index contributed by atoms with van der Waals surface area (Å²) in [5.74, 6) is 0.405. The van der Waals surface area contributed by atoms with Crippen LogP contribution in [0.3, 0.4) is 0 Å². The number of aliphatic hydroxyl groups is 1. The topological polar surface area (TPSA) is 75.1 Å². The van der Waals surface area contributed by atoms with E-state index in [2.05, 4.69) is 15.6 Å². The van der Waals surface area contributed by atoms with Crippen LogP contribution in [0, 0.1) is 11.2 Å². The van der Waals surface area contributed by atoms with Gasteiger partial charge in [-0.1, -0.05) is 6.07 Å². The number of hydrogen-bond acceptors (Lipinski definition) is 4. The number of rotatable bonds is 8. The maximum Gasteiger partial charge on any atom is 0.191 e. The second-order valence-electron chi connectivity index (χ2n) is 6.41. The molecular formula is C18H28FN3O3. The van der Waals surface area contributed by atoms with Crippen molar-refractivity contribution in [2.75, 3.05) is 40.5 Å². The van der Waals surface area contributed by atoms with E-state index < -0.39 is 0 Å². The highest BCUT2D eigenvalue weighted by Crippen LogP contribution is 2.31. The summed E-state index contributed by atoms with van der Waals surface area (Å²) in [6.45, 7) is 2.98. The highest BCUT2D eigenvalue weighted by Gasteiger charge is 2.34. The molecule has 1 aliphatic rings. The number of nitrogens with zero attached hydrogens (tertiary/aromatic N) is 1. The van der Waals surface area contributed by atoms with Crippen molar-refractivity contribution < 1.29 is 19.0 Å². The van der Waals surface area contributed by atoms with E-state index in [1.807, 2.05) is 0 Å². The van der Waals surface area contributed by atoms with Crippen LogP contribution in [-0.2, 0) is 22.6 Å². The molecule has 0 spiro atoms. The number of methoxy groups -OCH3 is 1. The van der Waals surface area contributed by atoms with Crippen LogP contribution in [0.2, 0.25) is 0 Å². The van der Waals surface area contributed by atoms with Crippen LogP contribution in [0.15, 0.2) is 23.2 Å². The molecule has 1 aliphatic heterocycles. The van der Waals surface area contributed by atoms with Gasteiger partial charge in [-0.05, 0) is 30.5 Å². The van der Waals surface area contributed by atoms with Crippen molar-refractivity contribution in [1.29, 1.82) is 0 Å². The SMILES string of the molecule is CN=C(NCc1ccc(F)c(COC)c1)NCC1(CCO)CCOC1. The molecule has 1 saturated heterocycles. The lowest BCUT2D eigenvalue weighted by molar-refractivity contribution is 0.127. The van der Waals surface area contributed by atoms with E-state index in [1.54, 1.807) is 26.3 Å². The molecule has 1 aromatic carbocycles. The highest BCUT2D eigenvalue weighted by molar-refractivity contribution is 5.79. The first-order valence-electron chi connectivity index (χ1n) is 8.52. The molecule has 6 nitrogen and oxygen atoms in total. The van der Waals surface area contributed by atoms with Crippen molar-refractivity contribution in [2.45, 2.75) is 26.0 Å². The van der Waals surface area contributed by atoms with Gasteiger partial charge in [-0.15, -0.1) is 0 Å². The summed E-state index contributed by atoms with van der Waals surface area (Å²) in [4.78, 5) is 4.22. The van der Waals surface area contributed by atoms with Crippen LogP contribution < -0.4 is 10.6 Å². The standard InChI is InChI=1S/C18H28FN3O3/c1-20-17(22-12-18(5-7-23)6-8-25-13-18)21-10-14-3-4-16(19)15(9-14)11-24-2/h3-4,9,23H,5-8,10-13H2,1-2H3,(H2,20,21,22). The summed E-state index contributed by atoms with van der Waals surface area (Å²) >= 11 is 0. The highest BCUT2D eigenvalue weighted by atomic mass is 19.1. The average molecular weight is 353 g/mol. The molecular weight excluding hydrogens is 325 g/mol. The second kappa shape index (κ2) is 9.70. The summed E-state index contributed by atoms with van der Waals surface area (Å²) in [7, 11) is 3.26. The summed E-state index contributed by atoms with van der Waals surface area (Å²) in [6.07, 6.45) is 1.63. The summed E-state index contributed by atoms with van der Waals surface area (Å²) < 4.78 is 24.2. The first-order chi connectivity index (χ1) is 12.1. The number of hydrogen-bond donors (Lipinski definition) is 3. The monoisotopic (exact) mass is 353 g/mol. The van der Waals surface area contributed by atoms with E-state index in [1.165, 1.54) is 6.07 Å². The van der Waals surface area contributed by atoms with Crippen LogP contribution in [0.4, 0.5) is 4.39 Å². The van der Waals surface area contributed by atoms with Crippen molar-refractivity contribution in [3.05, 3.63) is 35.1 Å². The molecule has 25 heavy (non-hydrogen) atoms. The Morgan fingerprint density at radius 1 is 1.44 bits per heavy atom. The van der Waals surface area contributed by atoms with E-state index in [9.17, 15) is 9.50 Å². The summed E-state index contributed by atoms with van der Waals surface area (Å²) in [5, 5.41) is 15.8. The fraction of sp³-hybridized carbons (Fsp3) is 0.611. The zero-order valence-electron chi connectivity index (χ0n) is 15.0. The zero-order chi connectivity index (χ0) is 18.1. The first kappa shape index (κ1) is 19.6. The molecule has 0 saturated carbocycles. The van der Waals surface area contributed by atoms with Crippen LogP contribution >= 0.6 is 0 Å². The van der Waals surface area contributed by atoms with Gasteiger partial charge in [0.05, 0.1) is 13.2 Å². The van der Waals surface area contributed by atoms with E-state index in [4.69, 9.17) is 9.47 Å². The zero-order valence-corrected chi connectivity index (χ0v) is 15.0. The molecule has 0 radical (unpaired) electrons. The average Bonchev–Trinajstić information content (AvgIpc) is 3.07. The van der Waals surface area contributed by atoms with Gasteiger partial charge in [0.2, 0.25) is 0 Å². The van der Waals surface area contributed by atoms with Crippen molar-refractivity contribution in [1.82, 2.24) is 10.6 Å². The molecule has 1 unspecified atom stereocenters. The largest absolute Gasteiger partial charge is 0.396 e. The normalized spacial score (nSPS) is 20.7. The van der Waals surface area contributed by atoms with Gasteiger partial charge in [0.25, 0.3) is 0 Å². The van der Waals surface area contributed by atoms with Gasteiger partial charge in [-0.25, -0.2) is 4.39 Å². The van der Waals surface area contributed by atoms with Crippen molar-refractivity contribution in [3.63, 3.8) is 0 Å². The molecule has 0 amide bonds. The Bertz CT molecular complexity index is 575. The molecule has 2 rings (SSSR count). The van der Waals surface area contributed by atoms with Gasteiger partial charge in [0, 0.05) is 51.4 Å². The number of nitrogens with one attached hydrogen (secondary N) is 2. The number of ether oxygens (including phenoxy) is 2. The van der Waals surface area contributed by atoms with Gasteiger partial charge in [0.15, 0.2) is 5.96 Å². The van der Waals surface area contributed by atoms with E-state index in [-0.39, 0.29) is 24.4 Å². The van der Waals surface area contributed by atoms with Gasteiger partial charge in [-0.2, -0.15) is 0 Å². The van der Waals surface area contributed by atoms with Crippen LogP contribution in [0.5, 0.6) is 0 Å². The van der Waals surface area contributed by atoms with E-state index >= 15 is 0 Å². The Hall–Kier alpha value is -1.70. The molecule has 140 valence electrons. The number of benzene rings is 1. The predicted molar refractivity (Wildman–Crippen MR) is 94.9 cm³/mol. The molecule has 1 heterocycles. The third kappa shape index (κ3) is 5.66. The smallest absolute Gasteiger partial charge is 0.191 e. The Morgan fingerprint density at radius 2 is 2.28 bits per heavy atom. The maximum atomic E-state index is 13.7. The third-order valence-corrected chi connectivity index (χ3v) is 4.55. The molecule has 1 fully saturated rings. The minimum Gasteiger partial charge on any atom is -0.396 e. The number of aliphatic imine (C=N–C) groups is 1. The minimum absolute atomic E-state index is 0.0477.